The van der Waals surface area contributed by atoms with E-state index in [0.717, 1.165) is 38.4 Å². The van der Waals surface area contributed by atoms with Gasteiger partial charge in [0.1, 0.15) is 5.82 Å². The van der Waals surface area contributed by atoms with Gasteiger partial charge < -0.3 is 4.57 Å². The zero-order chi connectivity index (χ0) is 20.5. The molecule has 1 aliphatic rings. The lowest BCUT2D eigenvalue weighted by molar-refractivity contribution is 0.268. The van der Waals surface area contributed by atoms with Crippen LogP contribution in [0.2, 0.25) is 0 Å². The Hall–Kier alpha value is -1.77. The first-order chi connectivity index (χ1) is 13.1. The average Bonchev–Trinajstić information content (AvgIpc) is 2.88. The van der Waals surface area contributed by atoms with Crippen LogP contribution in [0.3, 0.4) is 0 Å². The smallest absolute Gasteiger partial charge is 0.209 e. The van der Waals surface area contributed by atoms with E-state index in [1.165, 1.54) is 22.9 Å². The minimum absolute atomic E-state index is 0.0811. The molecule has 3 rings (SSSR count). The van der Waals surface area contributed by atoms with E-state index in [1.807, 2.05) is 13.8 Å². The second-order valence-electron chi connectivity index (χ2n) is 8.19. The molecule has 28 heavy (non-hydrogen) atoms. The summed E-state index contributed by atoms with van der Waals surface area (Å²) in [6.07, 6.45) is 2.00. The minimum atomic E-state index is -3.33. The summed E-state index contributed by atoms with van der Waals surface area (Å²) >= 11 is 0. The predicted molar refractivity (Wildman–Crippen MR) is 110 cm³/mol. The molecule has 2 aromatic rings. The maximum atomic E-state index is 11.8. The van der Waals surface area contributed by atoms with Gasteiger partial charge in [-0.3, -0.25) is 4.90 Å². The molecule has 154 valence electrons. The standard InChI is InChI=1S/C20H31N5O2S/c1-14(2)19(23-28(5,26)27)20-22-21-18-8-9-24(10-11-25(18)20)13-17-7-6-15(3)12-16(17)4/h6-7,12,14,19,23H,8-11,13H2,1-5H3. The molecule has 0 fully saturated rings. The molecule has 2 heterocycles. The van der Waals surface area contributed by atoms with Gasteiger partial charge in [-0.25, -0.2) is 13.1 Å². The van der Waals surface area contributed by atoms with Crippen molar-refractivity contribution in [2.24, 2.45) is 5.92 Å². The maximum Gasteiger partial charge on any atom is 0.209 e. The fraction of sp³-hybridized carbons (Fsp3) is 0.600. The Morgan fingerprint density at radius 1 is 1.14 bits per heavy atom. The van der Waals surface area contributed by atoms with Gasteiger partial charge in [0.15, 0.2) is 5.82 Å². The Morgan fingerprint density at radius 3 is 2.54 bits per heavy atom. The highest BCUT2D eigenvalue weighted by molar-refractivity contribution is 7.88. The van der Waals surface area contributed by atoms with Crippen LogP contribution >= 0.6 is 0 Å². The number of rotatable bonds is 6. The van der Waals surface area contributed by atoms with Crippen molar-refractivity contribution in [3.8, 4) is 0 Å². The molecule has 0 radical (unpaired) electrons. The molecule has 1 aromatic carbocycles. The van der Waals surface area contributed by atoms with Gasteiger partial charge in [0.2, 0.25) is 10.0 Å². The number of benzene rings is 1. The Kier molecular flexibility index (Phi) is 6.21. The largest absolute Gasteiger partial charge is 0.312 e. The molecule has 8 heteroatoms. The molecule has 1 aromatic heterocycles. The molecule has 0 bridgehead atoms. The van der Waals surface area contributed by atoms with Crippen molar-refractivity contribution in [3.05, 3.63) is 46.5 Å². The highest BCUT2D eigenvalue weighted by Crippen LogP contribution is 2.23. The van der Waals surface area contributed by atoms with E-state index in [4.69, 9.17) is 0 Å². The average molecular weight is 406 g/mol. The van der Waals surface area contributed by atoms with Gasteiger partial charge in [-0.15, -0.1) is 10.2 Å². The Labute approximate surface area is 168 Å². The van der Waals surface area contributed by atoms with Crippen LogP contribution in [0.1, 0.15) is 48.2 Å². The van der Waals surface area contributed by atoms with Gasteiger partial charge in [-0.05, 0) is 30.9 Å². The number of hydrogen-bond acceptors (Lipinski definition) is 5. The third kappa shape index (κ3) is 4.98. The van der Waals surface area contributed by atoms with Crippen LogP contribution in [0.15, 0.2) is 18.2 Å². The first-order valence-corrected chi connectivity index (χ1v) is 11.7. The van der Waals surface area contributed by atoms with Crippen LogP contribution in [-0.4, -0.2) is 47.4 Å². The SMILES string of the molecule is Cc1ccc(CN2CCc3nnc(C(NS(C)(=O)=O)C(C)C)n3CC2)c(C)c1. The summed E-state index contributed by atoms with van der Waals surface area (Å²) in [5.41, 5.74) is 3.95. The van der Waals surface area contributed by atoms with Gasteiger partial charge in [-0.1, -0.05) is 37.6 Å². The molecular weight excluding hydrogens is 374 g/mol. The lowest BCUT2D eigenvalue weighted by Crippen LogP contribution is -2.33. The van der Waals surface area contributed by atoms with Crippen LogP contribution in [-0.2, 0) is 29.5 Å². The van der Waals surface area contributed by atoms with E-state index in [9.17, 15) is 8.42 Å². The Morgan fingerprint density at radius 2 is 1.89 bits per heavy atom. The van der Waals surface area contributed by atoms with Crippen LogP contribution in [0, 0.1) is 19.8 Å². The molecule has 1 unspecified atom stereocenters. The molecule has 1 N–H and O–H groups in total. The fourth-order valence-electron chi connectivity index (χ4n) is 3.76. The van der Waals surface area contributed by atoms with Crippen molar-refractivity contribution in [2.75, 3.05) is 19.3 Å². The molecular formula is C20H31N5O2S. The highest BCUT2D eigenvalue weighted by atomic mass is 32.2. The first-order valence-electron chi connectivity index (χ1n) is 9.82. The number of aryl methyl sites for hydroxylation is 2. The van der Waals surface area contributed by atoms with Gasteiger partial charge in [0, 0.05) is 32.6 Å². The lowest BCUT2D eigenvalue weighted by atomic mass is 10.0. The third-order valence-corrected chi connectivity index (χ3v) is 6.01. The van der Waals surface area contributed by atoms with Crippen molar-refractivity contribution < 1.29 is 8.42 Å². The predicted octanol–water partition coefficient (Wildman–Crippen LogP) is 2.20. The molecule has 0 saturated heterocycles. The Balaban J connectivity index is 1.77. The summed E-state index contributed by atoms with van der Waals surface area (Å²) in [5.74, 6) is 1.72. The van der Waals surface area contributed by atoms with Gasteiger partial charge in [0.25, 0.3) is 0 Å². The van der Waals surface area contributed by atoms with Crippen molar-refractivity contribution in [1.82, 2.24) is 24.4 Å². The quantitative estimate of drug-likeness (QED) is 0.797. The van der Waals surface area contributed by atoms with E-state index in [-0.39, 0.29) is 12.0 Å². The monoisotopic (exact) mass is 405 g/mol. The van der Waals surface area contributed by atoms with Crippen LogP contribution in [0.5, 0.6) is 0 Å². The summed E-state index contributed by atoms with van der Waals surface area (Å²) in [6.45, 7) is 11.7. The number of nitrogens with one attached hydrogen (secondary N) is 1. The van der Waals surface area contributed by atoms with E-state index in [1.54, 1.807) is 0 Å². The normalized spacial score (nSPS) is 16.8. The van der Waals surface area contributed by atoms with E-state index in [0.29, 0.717) is 5.82 Å². The minimum Gasteiger partial charge on any atom is -0.312 e. The van der Waals surface area contributed by atoms with Crippen LogP contribution < -0.4 is 4.72 Å². The second-order valence-corrected chi connectivity index (χ2v) is 9.97. The van der Waals surface area contributed by atoms with Gasteiger partial charge in [-0.2, -0.15) is 0 Å². The van der Waals surface area contributed by atoms with E-state index < -0.39 is 10.0 Å². The van der Waals surface area contributed by atoms with E-state index in [2.05, 4.69) is 56.4 Å². The molecule has 0 amide bonds. The van der Waals surface area contributed by atoms with Crippen molar-refractivity contribution in [3.63, 3.8) is 0 Å². The molecule has 7 nitrogen and oxygen atoms in total. The third-order valence-electron chi connectivity index (χ3n) is 5.33. The highest BCUT2D eigenvalue weighted by Gasteiger charge is 2.28. The summed E-state index contributed by atoms with van der Waals surface area (Å²) in [7, 11) is -3.33. The van der Waals surface area contributed by atoms with Crippen molar-refractivity contribution in [2.45, 2.75) is 53.2 Å². The molecule has 1 aliphatic heterocycles. The molecule has 1 atom stereocenters. The number of nitrogens with zero attached hydrogens (tertiary/aromatic N) is 4. The van der Waals surface area contributed by atoms with Gasteiger partial charge in [0.05, 0.1) is 12.3 Å². The molecule has 0 spiro atoms. The maximum absolute atomic E-state index is 11.8. The number of fused-ring (bicyclic) bond motifs is 1. The second kappa shape index (κ2) is 8.31. The summed E-state index contributed by atoms with van der Waals surface area (Å²) < 4.78 is 28.5. The fourth-order valence-corrected chi connectivity index (χ4v) is 4.60. The topological polar surface area (TPSA) is 80.1 Å². The number of aromatic nitrogens is 3. The van der Waals surface area contributed by atoms with Gasteiger partial charge >= 0.3 is 0 Å². The molecule has 0 saturated carbocycles. The lowest BCUT2D eigenvalue weighted by Gasteiger charge is -2.23. The zero-order valence-corrected chi connectivity index (χ0v) is 18.3. The summed E-state index contributed by atoms with van der Waals surface area (Å²) in [6, 6.07) is 6.23. The van der Waals surface area contributed by atoms with E-state index >= 15 is 0 Å². The Bertz CT molecular complexity index is 936. The van der Waals surface area contributed by atoms with Crippen LogP contribution in [0.25, 0.3) is 0 Å². The number of sulfonamides is 1. The van der Waals surface area contributed by atoms with Crippen molar-refractivity contribution >= 4 is 10.0 Å². The van der Waals surface area contributed by atoms with Crippen LogP contribution in [0.4, 0.5) is 0 Å². The summed E-state index contributed by atoms with van der Waals surface area (Å²) in [4.78, 5) is 2.44. The first kappa shape index (κ1) is 21.0. The zero-order valence-electron chi connectivity index (χ0n) is 17.4. The number of hydrogen-bond donors (Lipinski definition) is 1. The van der Waals surface area contributed by atoms with Crippen molar-refractivity contribution in [1.29, 1.82) is 0 Å². The molecule has 0 aliphatic carbocycles. The summed E-state index contributed by atoms with van der Waals surface area (Å²) in [5, 5.41) is 8.72.